The Morgan fingerprint density at radius 2 is 2.08 bits per heavy atom. The standard InChI is InChI=1S/C21H31N3O/c1-3-24-13-8-18-17(6-4-7-19(18)24)14-23-11-5-10-21(16-23)15-22(2)12-9-20(21)25/h4,6-8,13,20,25H,3,5,9-12,14-16H2,1-2H3/t20-,21-/m0/s1. The van der Waals surface area contributed by atoms with E-state index in [1.807, 2.05) is 0 Å². The summed E-state index contributed by atoms with van der Waals surface area (Å²) in [7, 11) is 2.20. The second-order valence-corrected chi connectivity index (χ2v) is 8.17. The number of fused-ring (bicyclic) bond motifs is 1. The molecular weight excluding hydrogens is 310 g/mol. The van der Waals surface area contributed by atoms with Gasteiger partial charge in [0, 0.05) is 55.2 Å². The number of aliphatic hydroxyl groups excluding tert-OH is 1. The Morgan fingerprint density at radius 1 is 1.20 bits per heavy atom. The van der Waals surface area contributed by atoms with E-state index in [-0.39, 0.29) is 11.5 Å². The number of aliphatic hydroxyl groups is 1. The lowest BCUT2D eigenvalue weighted by Crippen LogP contribution is -2.58. The first-order valence-corrected chi connectivity index (χ1v) is 9.77. The minimum Gasteiger partial charge on any atom is -0.392 e. The molecule has 2 aliphatic heterocycles. The average Bonchev–Trinajstić information content (AvgIpc) is 3.03. The summed E-state index contributed by atoms with van der Waals surface area (Å²) in [5.74, 6) is 0. The van der Waals surface area contributed by atoms with Crippen LogP contribution in [0.2, 0.25) is 0 Å². The molecule has 0 radical (unpaired) electrons. The Labute approximate surface area is 151 Å². The van der Waals surface area contributed by atoms with Crippen molar-refractivity contribution >= 4 is 10.9 Å². The van der Waals surface area contributed by atoms with Gasteiger partial charge in [-0.2, -0.15) is 0 Å². The van der Waals surface area contributed by atoms with Crippen molar-refractivity contribution in [2.75, 3.05) is 33.2 Å². The van der Waals surface area contributed by atoms with Gasteiger partial charge in [-0.15, -0.1) is 0 Å². The van der Waals surface area contributed by atoms with Crippen molar-refractivity contribution in [1.29, 1.82) is 0 Å². The molecular formula is C21H31N3O. The van der Waals surface area contributed by atoms with E-state index < -0.39 is 0 Å². The molecule has 0 bridgehead atoms. The Kier molecular flexibility index (Phi) is 4.61. The Bertz CT molecular complexity index is 740. The molecule has 0 amide bonds. The van der Waals surface area contributed by atoms with Crippen molar-refractivity contribution in [3.8, 4) is 0 Å². The summed E-state index contributed by atoms with van der Waals surface area (Å²) in [6.45, 7) is 8.41. The van der Waals surface area contributed by atoms with Crippen molar-refractivity contribution in [3.63, 3.8) is 0 Å². The maximum absolute atomic E-state index is 10.7. The summed E-state index contributed by atoms with van der Waals surface area (Å²) in [4.78, 5) is 4.97. The number of rotatable bonds is 3. The van der Waals surface area contributed by atoms with Crippen molar-refractivity contribution in [3.05, 3.63) is 36.0 Å². The van der Waals surface area contributed by atoms with Gasteiger partial charge in [0.1, 0.15) is 0 Å². The minimum atomic E-state index is -0.150. The number of hydrogen-bond acceptors (Lipinski definition) is 3. The van der Waals surface area contributed by atoms with Gasteiger partial charge in [-0.1, -0.05) is 12.1 Å². The zero-order chi connectivity index (χ0) is 17.4. The van der Waals surface area contributed by atoms with E-state index in [1.54, 1.807) is 0 Å². The number of nitrogens with zero attached hydrogens (tertiary/aromatic N) is 3. The third-order valence-electron chi connectivity index (χ3n) is 6.40. The van der Waals surface area contributed by atoms with Gasteiger partial charge in [-0.05, 0) is 57.5 Å². The van der Waals surface area contributed by atoms with Gasteiger partial charge in [-0.3, -0.25) is 4.90 Å². The molecule has 0 unspecified atom stereocenters. The van der Waals surface area contributed by atoms with Crippen LogP contribution >= 0.6 is 0 Å². The molecule has 1 aromatic carbocycles. The quantitative estimate of drug-likeness (QED) is 0.931. The lowest BCUT2D eigenvalue weighted by Gasteiger charge is -2.50. The summed E-state index contributed by atoms with van der Waals surface area (Å²) in [5.41, 5.74) is 2.82. The molecule has 4 rings (SSSR count). The summed E-state index contributed by atoms with van der Waals surface area (Å²) < 4.78 is 2.32. The van der Waals surface area contributed by atoms with Crippen molar-refractivity contribution in [2.24, 2.45) is 5.41 Å². The van der Waals surface area contributed by atoms with E-state index in [2.05, 4.69) is 58.8 Å². The highest BCUT2D eigenvalue weighted by Crippen LogP contribution is 2.39. The van der Waals surface area contributed by atoms with Gasteiger partial charge in [0.25, 0.3) is 0 Å². The highest BCUT2D eigenvalue weighted by atomic mass is 16.3. The molecule has 4 nitrogen and oxygen atoms in total. The van der Waals surface area contributed by atoms with Crippen molar-refractivity contribution in [1.82, 2.24) is 14.4 Å². The molecule has 1 spiro atoms. The number of aryl methyl sites for hydroxylation is 1. The zero-order valence-corrected chi connectivity index (χ0v) is 15.6. The zero-order valence-electron chi connectivity index (χ0n) is 15.6. The molecule has 136 valence electrons. The molecule has 2 aliphatic rings. The van der Waals surface area contributed by atoms with Crippen LogP contribution in [0.1, 0.15) is 31.7 Å². The van der Waals surface area contributed by atoms with E-state index in [4.69, 9.17) is 0 Å². The molecule has 1 aromatic heterocycles. The molecule has 0 aliphatic carbocycles. The molecule has 1 N–H and O–H groups in total. The maximum atomic E-state index is 10.7. The van der Waals surface area contributed by atoms with Crippen molar-refractivity contribution < 1.29 is 5.11 Å². The lowest BCUT2D eigenvalue weighted by molar-refractivity contribution is -0.0807. The fraction of sp³-hybridized carbons (Fsp3) is 0.619. The van der Waals surface area contributed by atoms with Crippen LogP contribution in [0.25, 0.3) is 10.9 Å². The lowest BCUT2D eigenvalue weighted by atomic mass is 9.71. The maximum Gasteiger partial charge on any atom is 0.0633 e. The van der Waals surface area contributed by atoms with Crippen LogP contribution in [0.3, 0.4) is 0 Å². The number of likely N-dealkylation sites (tertiary alicyclic amines) is 2. The number of benzene rings is 1. The highest BCUT2D eigenvalue weighted by molar-refractivity contribution is 5.83. The predicted octanol–water partition coefficient (Wildman–Crippen LogP) is 2.94. The Balaban J connectivity index is 1.56. The van der Waals surface area contributed by atoms with Crippen LogP contribution in [0.5, 0.6) is 0 Å². The minimum absolute atomic E-state index is 0.0640. The van der Waals surface area contributed by atoms with Gasteiger partial charge in [-0.25, -0.2) is 0 Å². The van der Waals surface area contributed by atoms with Gasteiger partial charge in [0.05, 0.1) is 6.10 Å². The second kappa shape index (κ2) is 6.75. The van der Waals surface area contributed by atoms with Crippen LogP contribution in [-0.4, -0.2) is 58.8 Å². The third kappa shape index (κ3) is 3.12. The number of aromatic nitrogens is 1. The monoisotopic (exact) mass is 341 g/mol. The number of hydrogen-bond donors (Lipinski definition) is 1. The topological polar surface area (TPSA) is 31.6 Å². The SMILES string of the molecule is CCn1ccc2c(CN3CCC[C@]4(CN(C)CC[C@@H]4O)C3)cccc21. The molecule has 0 saturated carbocycles. The van der Waals surface area contributed by atoms with Crippen molar-refractivity contribution in [2.45, 2.75) is 45.4 Å². The first-order valence-electron chi connectivity index (χ1n) is 9.77. The third-order valence-corrected chi connectivity index (χ3v) is 6.40. The summed E-state index contributed by atoms with van der Waals surface area (Å²) in [6, 6.07) is 8.94. The largest absolute Gasteiger partial charge is 0.392 e. The smallest absolute Gasteiger partial charge is 0.0633 e. The summed E-state index contributed by atoms with van der Waals surface area (Å²) >= 11 is 0. The van der Waals surface area contributed by atoms with Crippen LogP contribution in [0.15, 0.2) is 30.5 Å². The molecule has 4 heteroatoms. The van der Waals surface area contributed by atoms with Crippen LogP contribution in [-0.2, 0) is 13.1 Å². The normalized spacial score (nSPS) is 28.8. The Hall–Kier alpha value is -1.36. The molecule has 3 heterocycles. The number of piperidine rings is 2. The van der Waals surface area contributed by atoms with E-state index in [0.717, 1.165) is 52.1 Å². The second-order valence-electron chi connectivity index (χ2n) is 8.17. The highest BCUT2D eigenvalue weighted by Gasteiger charge is 2.44. The van der Waals surface area contributed by atoms with E-state index in [9.17, 15) is 5.11 Å². The van der Waals surface area contributed by atoms with Crippen LogP contribution < -0.4 is 0 Å². The first kappa shape index (κ1) is 17.1. The van der Waals surface area contributed by atoms with Gasteiger partial charge in [0.2, 0.25) is 0 Å². The van der Waals surface area contributed by atoms with Crippen LogP contribution in [0, 0.1) is 5.41 Å². The van der Waals surface area contributed by atoms with E-state index >= 15 is 0 Å². The molecule has 2 aromatic rings. The van der Waals surface area contributed by atoms with Gasteiger partial charge >= 0.3 is 0 Å². The van der Waals surface area contributed by atoms with Crippen LogP contribution in [0.4, 0.5) is 0 Å². The molecule has 2 saturated heterocycles. The Morgan fingerprint density at radius 3 is 2.92 bits per heavy atom. The predicted molar refractivity (Wildman–Crippen MR) is 103 cm³/mol. The molecule has 25 heavy (non-hydrogen) atoms. The molecule has 2 fully saturated rings. The fourth-order valence-electron chi connectivity index (χ4n) is 5.11. The summed E-state index contributed by atoms with van der Waals surface area (Å²) in [6.07, 6.45) is 5.32. The van der Waals surface area contributed by atoms with Gasteiger partial charge < -0.3 is 14.6 Å². The fourth-order valence-corrected chi connectivity index (χ4v) is 5.11. The summed E-state index contributed by atoms with van der Waals surface area (Å²) in [5, 5.41) is 12.1. The molecule has 2 atom stereocenters. The first-order chi connectivity index (χ1) is 12.1. The van der Waals surface area contributed by atoms with E-state index in [1.165, 1.54) is 22.9 Å². The average molecular weight is 341 g/mol. The van der Waals surface area contributed by atoms with E-state index in [0.29, 0.717) is 0 Å². The van der Waals surface area contributed by atoms with Gasteiger partial charge in [0.15, 0.2) is 0 Å².